The molecule has 1 aromatic heterocycles. The van der Waals surface area contributed by atoms with Crippen LogP contribution in [0.5, 0.6) is 0 Å². The topological polar surface area (TPSA) is 42.3 Å². The molecule has 0 unspecified atom stereocenters. The van der Waals surface area contributed by atoms with Crippen LogP contribution in [0.1, 0.15) is 28.4 Å². The van der Waals surface area contributed by atoms with E-state index in [4.69, 9.17) is 0 Å². The number of carbonyl (C=O) groups is 1. The summed E-state index contributed by atoms with van der Waals surface area (Å²) >= 11 is 0. The van der Waals surface area contributed by atoms with Gasteiger partial charge in [-0.05, 0) is 71.1 Å². The summed E-state index contributed by atoms with van der Waals surface area (Å²) in [6.45, 7) is 1.79. The lowest BCUT2D eigenvalue weighted by atomic mass is 9.82. The summed E-state index contributed by atoms with van der Waals surface area (Å²) in [6.07, 6.45) is 0.974. The second kappa shape index (κ2) is 7.69. The maximum Gasteiger partial charge on any atom is 0.258 e. The molecule has 1 saturated heterocycles. The van der Waals surface area contributed by atoms with Crippen LogP contribution in [0.2, 0.25) is 0 Å². The first kappa shape index (κ1) is 19.9. The smallest absolute Gasteiger partial charge is 0.258 e. The van der Waals surface area contributed by atoms with E-state index in [-0.39, 0.29) is 29.1 Å². The van der Waals surface area contributed by atoms with E-state index in [9.17, 15) is 14.0 Å². The molecular formula is C28H23FN2O2. The lowest BCUT2D eigenvalue weighted by molar-refractivity contribution is 0.0594. The first-order chi connectivity index (χ1) is 16.1. The molecule has 0 aliphatic carbocycles. The Morgan fingerprint density at radius 1 is 0.848 bits per heavy atom. The Morgan fingerprint density at radius 2 is 1.64 bits per heavy atom. The van der Waals surface area contributed by atoms with E-state index >= 15 is 0 Å². The summed E-state index contributed by atoms with van der Waals surface area (Å²) in [5.41, 5.74) is 3.18. The SMILES string of the molecule is O=C(c1ccc(F)cc1)N1C[C@@H]2C[C@H](C1)c1ccc(-c3ccc4ccccc4c3)c(=O)n1C2. The Morgan fingerprint density at radius 3 is 2.45 bits per heavy atom. The predicted octanol–water partition coefficient (Wildman–Crippen LogP) is 5.07. The molecular weight excluding hydrogens is 415 g/mol. The zero-order valence-electron chi connectivity index (χ0n) is 18.1. The fourth-order valence-electron chi connectivity index (χ4n) is 5.46. The van der Waals surface area contributed by atoms with Crippen molar-refractivity contribution in [2.45, 2.75) is 18.9 Å². The van der Waals surface area contributed by atoms with E-state index in [1.165, 1.54) is 24.3 Å². The second-order valence-corrected chi connectivity index (χ2v) is 9.17. The van der Waals surface area contributed by atoms with Gasteiger partial charge in [0.2, 0.25) is 0 Å². The predicted molar refractivity (Wildman–Crippen MR) is 127 cm³/mol. The average Bonchev–Trinajstić information content (AvgIpc) is 2.84. The van der Waals surface area contributed by atoms with Crippen LogP contribution in [0.3, 0.4) is 0 Å². The van der Waals surface area contributed by atoms with Crippen molar-refractivity contribution in [1.82, 2.24) is 9.47 Å². The number of piperidine rings is 1. The minimum Gasteiger partial charge on any atom is -0.338 e. The van der Waals surface area contributed by atoms with Crippen LogP contribution in [-0.2, 0) is 6.54 Å². The summed E-state index contributed by atoms with van der Waals surface area (Å²) in [5, 5.41) is 2.27. The number of likely N-dealkylation sites (tertiary alicyclic amines) is 1. The van der Waals surface area contributed by atoms with Gasteiger partial charge in [-0.1, -0.05) is 36.4 Å². The Balaban J connectivity index is 1.32. The summed E-state index contributed by atoms with van der Waals surface area (Å²) in [4.78, 5) is 28.4. The monoisotopic (exact) mass is 438 g/mol. The number of fused-ring (bicyclic) bond motifs is 5. The van der Waals surface area contributed by atoms with E-state index < -0.39 is 0 Å². The number of halogens is 1. The number of rotatable bonds is 2. The molecule has 2 bridgehead atoms. The quantitative estimate of drug-likeness (QED) is 0.439. The van der Waals surface area contributed by atoms with Crippen LogP contribution in [0.4, 0.5) is 4.39 Å². The van der Waals surface area contributed by atoms with Crippen molar-refractivity contribution in [3.63, 3.8) is 0 Å². The first-order valence-electron chi connectivity index (χ1n) is 11.3. The van der Waals surface area contributed by atoms with Gasteiger partial charge >= 0.3 is 0 Å². The Kier molecular flexibility index (Phi) is 4.64. The lowest BCUT2D eigenvalue weighted by Crippen LogP contribution is -2.49. The minimum atomic E-state index is -0.349. The van der Waals surface area contributed by atoms with E-state index in [0.717, 1.165) is 28.5 Å². The zero-order valence-corrected chi connectivity index (χ0v) is 18.1. The third-order valence-electron chi connectivity index (χ3n) is 7.04. The van der Waals surface area contributed by atoms with Gasteiger partial charge < -0.3 is 9.47 Å². The number of hydrogen-bond donors (Lipinski definition) is 0. The molecule has 0 radical (unpaired) electrons. The van der Waals surface area contributed by atoms with Crippen molar-refractivity contribution in [1.29, 1.82) is 0 Å². The molecule has 6 rings (SSSR count). The molecule has 1 amide bonds. The van der Waals surface area contributed by atoms with Crippen molar-refractivity contribution in [3.05, 3.63) is 106 Å². The highest BCUT2D eigenvalue weighted by Crippen LogP contribution is 2.36. The van der Waals surface area contributed by atoms with E-state index in [1.807, 2.05) is 33.7 Å². The molecule has 33 heavy (non-hydrogen) atoms. The third kappa shape index (κ3) is 3.44. The highest BCUT2D eigenvalue weighted by molar-refractivity contribution is 5.94. The number of nitrogens with zero attached hydrogens (tertiary/aromatic N) is 2. The lowest BCUT2D eigenvalue weighted by Gasteiger charge is -2.43. The fraction of sp³-hybridized carbons (Fsp3) is 0.214. The molecule has 2 aliphatic heterocycles. The highest BCUT2D eigenvalue weighted by atomic mass is 19.1. The van der Waals surface area contributed by atoms with Gasteiger partial charge in [-0.3, -0.25) is 9.59 Å². The summed E-state index contributed by atoms with van der Waals surface area (Å²) < 4.78 is 15.2. The molecule has 0 spiro atoms. The van der Waals surface area contributed by atoms with E-state index in [1.54, 1.807) is 0 Å². The Hall–Kier alpha value is -3.73. The molecule has 164 valence electrons. The van der Waals surface area contributed by atoms with Gasteiger partial charge in [0, 0.05) is 42.4 Å². The maximum atomic E-state index is 13.5. The Labute approximate surface area is 190 Å². The number of hydrogen-bond acceptors (Lipinski definition) is 2. The van der Waals surface area contributed by atoms with Crippen molar-refractivity contribution in [2.24, 2.45) is 5.92 Å². The third-order valence-corrected chi connectivity index (χ3v) is 7.04. The van der Waals surface area contributed by atoms with Gasteiger partial charge in [0.25, 0.3) is 11.5 Å². The minimum absolute atomic E-state index is 0.0378. The number of amides is 1. The maximum absolute atomic E-state index is 13.5. The zero-order chi connectivity index (χ0) is 22.5. The summed E-state index contributed by atoms with van der Waals surface area (Å²) in [5.74, 6) is -0.0729. The Bertz CT molecular complexity index is 1440. The number of benzene rings is 3. The molecule has 4 nitrogen and oxygen atoms in total. The van der Waals surface area contributed by atoms with Crippen LogP contribution in [0.15, 0.2) is 83.7 Å². The van der Waals surface area contributed by atoms with Gasteiger partial charge in [-0.25, -0.2) is 4.39 Å². The normalized spacial score (nSPS) is 19.4. The largest absolute Gasteiger partial charge is 0.338 e. The van der Waals surface area contributed by atoms with Crippen LogP contribution in [0.25, 0.3) is 21.9 Å². The van der Waals surface area contributed by atoms with Crippen molar-refractivity contribution < 1.29 is 9.18 Å². The molecule has 2 atom stereocenters. The summed E-state index contributed by atoms with van der Waals surface area (Å²) in [7, 11) is 0. The molecule has 2 aliphatic rings. The van der Waals surface area contributed by atoms with Crippen molar-refractivity contribution >= 4 is 16.7 Å². The number of carbonyl (C=O) groups excluding carboxylic acids is 1. The molecule has 5 heteroatoms. The second-order valence-electron chi connectivity index (χ2n) is 9.17. The van der Waals surface area contributed by atoms with E-state index in [2.05, 4.69) is 30.3 Å². The number of pyridine rings is 1. The summed E-state index contributed by atoms with van der Waals surface area (Å²) in [6, 6.07) is 24.0. The van der Waals surface area contributed by atoms with Crippen LogP contribution < -0.4 is 5.56 Å². The molecule has 0 saturated carbocycles. The number of aromatic nitrogens is 1. The standard InChI is InChI=1S/C28H23FN2O2/c29-24-9-7-20(8-10-24)27(32)30-15-18-13-23(17-30)26-12-11-25(28(33)31(26)16-18)22-6-5-19-3-1-2-4-21(19)14-22/h1-12,14,18,23H,13,15-17H2/t18-,23+/m0/s1. The van der Waals surface area contributed by atoms with Gasteiger partial charge in [-0.15, -0.1) is 0 Å². The molecule has 4 aromatic rings. The van der Waals surface area contributed by atoms with Gasteiger partial charge in [-0.2, -0.15) is 0 Å². The molecule has 3 aromatic carbocycles. The van der Waals surface area contributed by atoms with Crippen LogP contribution in [0, 0.1) is 11.7 Å². The van der Waals surface area contributed by atoms with Gasteiger partial charge in [0.1, 0.15) is 5.82 Å². The molecule has 3 heterocycles. The van der Waals surface area contributed by atoms with Crippen LogP contribution in [-0.4, -0.2) is 28.5 Å². The average molecular weight is 439 g/mol. The highest BCUT2D eigenvalue weighted by Gasteiger charge is 2.37. The van der Waals surface area contributed by atoms with Crippen molar-refractivity contribution in [2.75, 3.05) is 13.1 Å². The van der Waals surface area contributed by atoms with Crippen molar-refractivity contribution in [3.8, 4) is 11.1 Å². The first-order valence-corrected chi connectivity index (χ1v) is 11.3. The van der Waals surface area contributed by atoms with Gasteiger partial charge in [0.05, 0.1) is 0 Å². The fourth-order valence-corrected chi connectivity index (χ4v) is 5.46. The van der Waals surface area contributed by atoms with E-state index in [0.29, 0.717) is 30.8 Å². The van der Waals surface area contributed by atoms with Crippen LogP contribution >= 0.6 is 0 Å². The molecule has 0 N–H and O–H groups in total. The van der Waals surface area contributed by atoms with Gasteiger partial charge in [0.15, 0.2) is 0 Å². The molecule has 1 fully saturated rings.